The molecule has 2 bridgehead atoms. The summed E-state index contributed by atoms with van der Waals surface area (Å²) in [7, 11) is 1.77. The van der Waals surface area contributed by atoms with E-state index < -0.39 is 0 Å². The number of hydrogen-bond donors (Lipinski definition) is 0. The Labute approximate surface area is 162 Å². The molecule has 1 saturated heterocycles. The van der Waals surface area contributed by atoms with E-state index in [-0.39, 0.29) is 28.6 Å². The van der Waals surface area contributed by atoms with Crippen LogP contribution >= 0.6 is 0 Å². The molecule has 0 radical (unpaired) electrons. The Hall–Kier alpha value is -1.42. The number of nitrogens with zero attached hydrogens (tertiary/aromatic N) is 1. The van der Waals surface area contributed by atoms with Crippen LogP contribution in [0.4, 0.5) is 4.39 Å². The van der Waals surface area contributed by atoms with E-state index in [9.17, 15) is 9.18 Å². The monoisotopic (exact) mass is 373 g/mol. The van der Waals surface area contributed by atoms with Crippen molar-refractivity contribution in [3.63, 3.8) is 0 Å². The van der Waals surface area contributed by atoms with Crippen LogP contribution in [-0.4, -0.2) is 36.6 Å². The van der Waals surface area contributed by atoms with E-state index >= 15 is 0 Å². The van der Waals surface area contributed by atoms with Crippen molar-refractivity contribution in [1.82, 2.24) is 4.90 Å². The first-order chi connectivity index (χ1) is 12.8. The number of fused-ring (bicyclic) bond motifs is 4. The van der Waals surface area contributed by atoms with Gasteiger partial charge in [-0.2, -0.15) is 0 Å². The Balaban J connectivity index is 1.62. The second-order valence-corrected chi connectivity index (χ2v) is 9.57. The van der Waals surface area contributed by atoms with Gasteiger partial charge in [-0.25, -0.2) is 4.39 Å². The van der Waals surface area contributed by atoms with E-state index in [0.29, 0.717) is 12.0 Å². The lowest BCUT2D eigenvalue weighted by atomic mass is 9.51. The van der Waals surface area contributed by atoms with Gasteiger partial charge in [0, 0.05) is 31.0 Å². The summed E-state index contributed by atoms with van der Waals surface area (Å²) < 4.78 is 19.4. The van der Waals surface area contributed by atoms with Gasteiger partial charge in [0.1, 0.15) is 5.82 Å². The highest BCUT2D eigenvalue weighted by atomic mass is 19.1. The fraction of sp³-hybridized carbons (Fsp3) is 0.696. The number of likely N-dealkylation sites (tertiary alicyclic amines) is 1. The summed E-state index contributed by atoms with van der Waals surface area (Å²) in [5, 5.41) is 0. The maximum atomic E-state index is 14.0. The molecule has 3 nitrogen and oxygen atoms in total. The van der Waals surface area contributed by atoms with Gasteiger partial charge >= 0.3 is 0 Å². The number of carbonyl (C=O) groups is 1. The predicted octanol–water partition coefficient (Wildman–Crippen LogP) is 4.47. The first kappa shape index (κ1) is 18.9. The molecule has 4 heteroatoms. The summed E-state index contributed by atoms with van der Waals surface area (Å²) in [4.78, 5) is 15.6. The van der Waals surface area contributed by atoms with Gasteiger partial charge in [-0.15, -0.1) is 0 Å². The minimum absolute atomic E-state index is 0.0779. The summed E-state index contributed by atoms with van der Waals surface area (Å²) in [5.41, 5.74) is 2.18. The summed E-state index contributed by atoms with van der Waals surface area (Å²) in [6.07, 6.45) is 5.86. The van der Waals surface area contributed by atoms with E-state index in [0.717, 1.165) is 50.6 Å². The number of hydrogen-bond acceptors (Lipinski definition) is 2. The zero-order chi connectivity index (χ0) is 19.4. The van der Waals surface area contributed by atoms with E-state index in [4.69, 9.17) is 4.74 Å². The molecule has 148 valence electrons. The van der Waals surface area contributed by atoms with Crippen LogP contribution in [0.25, 0.3) is 0 Å². The first-order valence-electron chi connectivity index (χ1n) is 10.4. The number of ether oxygens (including phenoxy) is 1. The quantitative estimate of drug-likeness (QED) is 0.765. The van der Waals surface area contributed by atoms with E-state index in [2.05, 4.69) is 25.7 Å². The highest BCUT2D eigenvalue weighted by molar-refractivity contribution is 5.80. The molecule has 3 aliphatic rings. The largest absolute Gasteiger partial charge is 0.381 e. The van der Waals surface area contributed by atoms with Crippen LogP contribution in [0.15, 0.2) is 18.2 Å². The lowest BCUT2D eigenvalue weighted by Crippen LogP contribution is -2.65. The molecule has 1 aliphatic heterocycles. The van der Waals surface area contributed by atoms with Crippen molar-refractivity contribution in [3.05, 3.63) is 35.1 Å². The molecule has 0 spiro atoms. The van der Waals surface area contributed by atoms with E-state index in [1.165, 1.54) is 5.56 Å². The number of benzene rings is 1. The number of halogens is 1. The van der Waals surface area contributed by atoms with Crippen molar-refractivity contribution in [2.24, 2.45) is 11.3 Å². The molecule has 1 heterocycles. The van der Waals surface area contributed by atoms with Gasteiger partial charge in [0.2, 0.25) is 5.91 Å². The third-order valence-corrected chi connectivity index (χ3v) is 8.20. The molecule has 1 aromatic rings. The molecule has 1 amide bonds. The third-order valence-electron chi connectivity index (χ3n) is 8.20. The van der Waals surface area contributed by atoms with Gasteiger partial charge in [-0.1, -0.05) is 26.8 Å². The Bertz CT molecular complexity index is 738. The maximum absolute atomic E-state index is 14.0. The average Bonchev–Trinajstić information content (AvgIpc) is 2.65. The van der Waals surface area contributed by atoms with Crippen molar-refractivity contribution in [3.8, 4) is 0 Å². The van der Waals surface area contributed by atoms with Gasteiger partial charge in [0.15, 0.2) is 0 Å². The average molecular weight is 374 g/mol. The molecular formula is C23H32FNO2. The molecule has 27 heavy (non-hydrogen) atoms. The number of methoxy groups -OCH3 is 1. The van der Waals surface area contributed by atoms with Gasteiger partial charge in [0.05, 0.1) is 6.10 Å². The standard InChI is InChI=1S/C23H32FNO2/c1-22(2)20-13-16-5-8-17(24)14-19(16)23(22,3)11-12-25(20)21(26)15-6-9-18(27-4)10-7-15/h5,8,14-15,18,20H,6-7,9-13H2,1-4H3. The zero-order valence-corrected chi connectivity index (χ0v) is 17.1. The number of carbonyl (C=O) groups excluding carboxylic acids is 1. The zero-order valence-electron chi connectivity index (χ0n) is 17.1. The van der Waals surface area contributed by atoms with Gasteiger partial charge in [0.25, 0.3) is 0 Å². The predicted molar refractivity (Wildman–Crippen MR) is 104 cm³/mol. The lowest BCUT2D eigenvalue weighted by Gasteiger charge is -2.61. The minimum Gasteiger partial charge on any atom is -0.381 e. The van der Waals surface area contributed by atoms with Crippen LogP contribution in [0.5, 0.6) is 0 Å². The van der Waals surface area contributed by atoms with Crippen molar-refractivity contribution in [2.45, 2.75) is 76.9 Å². The maximum Gasteiger partial charge on any atom is 0.225 e. The van der Waals surface area contributed by atoms with Crippen LogP contribution in [0.3, 0.4) is 0 Å². The number of piperidine rings is 1. The van der Waals surface area contributed by atoms with Gasteiger partial charge < -0.3 is 9.64 Å². The van der Waals surface area contributed by atoms with Crippen LogP contribution in [0, 0.1) is 17.2 Å². The molecule has 0 aromatic heterocycles. The number of rotatable bonds is 2. The smallest absolute Gasteiger partial charge is 0.225 e. The van der Waals surface area contributed by atoms with Crippen molar-refractivity contribution in [1.29, 1.82) is 0 Å². The minimum atomic E-state index is -0.155. The number of amides is 1. The molecule has 1 aromatic carbocycles. The summed E-state index contributed by atoms with van der Waals surface area (Å²) in [6, 6.07) is 5.41. The van der Waals surface area contributed by atoms with Gasteiger partial charge in [-0.3, -0.25) is 4.79 Å². The van der Waals surface area contributed by atoms with E-state index in [1.54, 1.807) is 19.2 Å². The molecule has 2 aliphatic carbocycles. The van der Waals surface area contributed by atoms with Crippen molar-refractivity contribution < 1.29 is 13.9 Å². The molecule has 4 rings (SSSR count). The Morgan fingerprint density at radius 1 is 1.19 bits per heavy atom. The summed E-state index contributed by atoms with van der Waals surface area (Å²) in [6.45, 7) is 7.59. The summed E-state index contributed by atoms with van der Waals surface area (Å²) >= 11 is 0. The van der Waals surface area contributed by atoms with Crippen LogP contribution < -0.4 is 0 Å². The van der Waals surface area contributed by atoms with Crippen molar-refractivity contribution in [2.75, 3.05) is 13.7 Å². The first-order valence-corrected chi connectivity index (χ1v) is 10.4. The van der Waals surface area contributed by atoms with Crippen molar-refractivity contribution >= 4 is 5.91 Å². The normalized spacial score (nSPS) is 34.9. The SMILES string of the molecule is COC1CCC(C(=O)N2CCC3(C)c4cc(F)ccc4CC2C3(C)C)CC1. The molecule has 0 N–H and O–H groups in total. The Morgan fingerprint density at radius 2 is 1.89 bits per heavy atom. The fourth-order valence-electron chi connectivity index (χ4n) is 5.92. The topological polar surface area (TPSA) is 29.5 Å². The molecule has 1 saturated carbocycles. The van der Waals surface area contributed by atoms with Gasteiger partial charge in [-0.05, 0) is 67.2 Å². The highest BCUT2D eigenvalue weighted by Crippen LogP contribution is 2.56. The molecule has 2 atom stereocenters. The van der Waals surface area contributed by atoms with Crippen LogP contribution in [0.2, 0.25) is 0 Å². The highest BCUT2D eigenvalue weighted by Gasteiger charge is 2.57. The molecule has 2 unspecified atom stereocenters. The second-order valence-electron chi connectivity index (χ2n) is 9.57. The molecular weight excluding hydrogens is 341 g/mol. The summed E-state index contributed by atoms with van der Waals surface area (Å²) in [5.74, 6) is 0.305. The lowest BCUT2D eigenvalue weighted by molar-refractivity contribution is -0.150. The van der Waals surface area contributed by atoms with E-state index in [1.807, 2.05) is 6.07 Å². The molecule has 2 fully saturated rings. The van der Waals surface area contributed by atoms with Crippen LogP contribution in [0.1, 0.15) is 64.0 Å². The Morgan fingerprint density at radius 3 is 2.56 bits per heavy atom. The fourth-order valence-corrected chi connectivity index (χ4v) is 5.92. The Kier molecular flexibility index (Phi) is 4.61. The third kappa shape index (κ3) is 2.83. The second kappa shape index (κ2) is 6.58. The van der Waals surface area contributed by atoms with Crippen LogP contribution in [-0.2, 0) is 21.4 Å².